The number of phosphoric acid groups is 1. The minimum Gasteiger partial charge on any atom is -0.303 e. The quantitative estimate of drug-likeness (QED) is 0.542. The molecule has 1 fully saturated rings. The number of halogens is 1. The second kappa shape index (κ2) is 4.07. The van der Waals surface area contributed by atoms with Crippen molar-refractivity contribution >= 4 is 19.4 Å². The highest BCUT2D eigenvalue weighted by Gasteiger charge is 2.27. The molecule has 2 atom stereocenters. The Morgan fingerprint density at radius 2 is 2.08 bits per heavy atom. The van der Waals surface area contributed by atoms with Gasteiger partial charge >= 0.3 is 7.82 Å². The summed E-state index contributed by atoms with van der Waals surface area (Å²) in [6.45, 7) is 0. The molecule has 0 saturated heterocycles. The molecule has 12 heavy (non-hydrogen) atoms. The van der Waals surface area contributed by atoms with Gasteiger partial charge < -0.3 is 9.79 Å². The van der Waals surface area contributed by atoms with Gasteiger partial charge in [0.25, 0.3) is 0 Å². The van der Waals surface area contributed by atoms with Crippen molar-refractivity contribution in [2.24, 2.45) is 0 Å². The van der Waals surface area contributed by atoms with E-state index in [1.807, 2.05) is 0 Å². The van der Waals surface area contributed by atoms with Crippen LogP contribution >= 0.6 is 19.4 Å². The number of hydrogen-bond donors (Lipinski definition) is 2. The van der Waals surface area contributed by atoms with Crippen molar-refractivity contribution < 1.29 is 18.9 Å². The summed E-state index contributed by atoms with van der Waals surface area (Å²) >= 11 is 5.81. The lowest BCUT2D eigenvalue weighted by atomic mass is 9.98. The van der Waals surface area contributed by atoms with Crippen molar-refractivity contribution in [3.05, 3.63) is 0 Å². The Bertz CT molecular complexity index is 192. The zero-order chi connectivity index (χ0) is 9.19. The van der Waals surface area contributed by atoms with Gasteiger partial charge in [-0.3, -0.25) is 4.52 Å². The first kappa shape index (κ1) is 10.5. The molecule has 1 aliphatic carbocycles. The second-order valence-corrected chi connectivity index (χ2v) is 4.79. The normalized spacial score (nSPS) is 31.9. The predicted octanol–water partition coefficient (Wildman–Crippen LogP) is 1.65. The van der Waals surface area contributed by atoms with E-state index in [1.165, 1.54) is 0 Å². The molecule has 0 aromatic carbocycles. The average molecular weight is 215 g/mol. The Balaban J connectivity index is 2.37. The Morgan fingerprint density at radius 3 is 2.58 bits per heavy atom. The van der Waals surface area contributed by atoms with Gasteiger partial charge in [0, 0.05) is 5.38 Å². The Morgan fingerprint density at radius 1 is 1.42 bits per heavy atom. The van der Waals surface area contributed by atoms with E-state index in [4.69, 9.17) is 21.4 Å². The third kappa shape index (κ3) is 3.87. The predicted molar refractivity (Wildman–Crippen MR) is 45.0 cm³/mol. The SMILES string of the molecule is O=P(O)(O)OC1CCCC(Cl)C1. The van der Waals surface area contributed by atoms with E-state index in [1.54, 1.807) is 0 Å². The molecule has 0 aromatic heterocycles. The summed E-state index contributed by atoms with van der Waals surface area (Å²) in [5, 5.41) is -0.00435. The Hall–Kier alpha value is 0.400. The van der Waals surface area contributed by atoms with Crippen LogP contribution in [-0.2, 0) is 9.09 Å². The molecule has 1 rings (SSSR count). The van der Waals surface area contributed by atoms with Crippen LogP contribution in [0.25, 0.3) is 0 Å². The number of phosphoric ester groups is 1. The van der Waals surface area contributed by atoms with Crippen LogP contribution in [0.3, 0.4) is 0 Å². The van der Waals surface area contributed by atoms with Crippen molar-refractivity contribution in [3.8, 4) is 0 Å². The van der Waals surface area contributed by atoms with Gasteiger partial charge in [0.05, 0.1) is 6.10 Å². The van der Waals surface area contributed by atoms with Crippen molar-refractivity contribution in [2.45, 2.75) is 37.2 Å². The fourth-order valence-corrected chi connectivity index (χ4v) is 2.31. The number of rotatable bonds is 2. The maximum atomic E-state index is 10.4. The monoisotopic (exact) mass is 214 g/mol. The molecule has 2 unspecified atom stereocenters. The summed E-state index contributed by atoms with van der Waals surface area (Å²) in [6.07, 6.45) is 2.63. The molecule has 0 bridgehead atoms. The molecule has 72 valence electrons. The van der Waals surface area contributed by atoms with Crippen LogP contribution in [0.1, 0.15) is 25.7 Å². The van der Waals surface area contributed by atoms with E-state index in [9.17, 15) is 4.57 Å². The maximum Gasteiger partial charge on any atom is 0.469 e. The summed E-state index contributed by atoms with van der Waals surface area (Å²) in [7, 11) is -4.32. The first-order chi connectivity index (χ1) is 5.47. The lowest BCUT2D eigenvalue weighted by Gasteiger charge is -2.25. The minimum atomic E-state index is -4.32. The van der Waals surface area contributed by atoms with Gasteiger partial charge in [-0.05, 0) is 25.7 Å². The maximum absolute atomic E-state index is 10.4. The van der Waals surface area contributed by atoms with E-state index in [2.05, 4.69) is 4.52 Å². The van der Waals surface area contributed by atoms with Gasteiger partial charge in [0.15, 0.2) is 0 Å². The van der Waals surface area contributed by atoms with Crippen molar-refractivity contribution in [1.29, 1.82) is 0 Å². The van der Waals surface area contributed by atoms with Gasteiger partial charge in [0.1, 0.15) is 0 Å². The van der Waals surface area contributed by atoms with Crippen molar-refractivity contribution in [2.75, 3.05) is 0 Å². The largest absolute Gasteiger partial charge is 0.469 e. The zero-order valence-corrected chi connectivity index (χ0v) is 8.17. The van der Waals surface area contributed by atoms with Crippen LogP contribution in [0.4, 0.5) is 0 Å². The molecule has 1 saturated carbocycles. The summed E-state index contributed by atoms with van der Waals surface area (Å²) in [4.78, 5) is 17.0. The van der Waals surface area contributed by atoms with Crippen LogP contribution < -0.4 is 0 Å². The third-order valence-corrected chi connectivity index (χ3v) is 2.82. The molecule has 0 radical (unpaired) electrons. The third-order valence-electron chi connectivity index (χ3n) is 1.85. The molecular formula is C6H12ClO4P. The number of hydrogen-bond acceptors (Lipinski definition) is 2. The summed E-state index contributed by atoms with van der Waals surface area (Å²) in [5.74, 6) is 0. The zero-order valence-electron chi connectivity index (χ0n) is 6.52. The lowest BCUT2D eigenvalue weighted by Crippen LogP contribution is -2.22. The lowest BCUT2D eigenvalue weighted by molar-refractivity contribution is 0.105. The van der Waals surface area contributed by atoms with E-state index in [-0.39, 0.29) is 11.5 Å². The first-order valence-corrected chi connectivity index (χ1v) is 5.82. The molecule has 0 heterocycles. The van der Waals surface area contributed by atoms with Gasteiger partial charge in [-0.1, -0.05) is 0 Å². The van der Waals surface area contributed by atoms with E-state index < -0.39 is 7.82 Å². The van der Waals surface area contributed by atoms with Crippen LogP contribution in [-0.4, -0.2) is 21.3 Å². The minimum absolute atomic E-state index is 0.00435. The molecule has 0 aromatic rings. The fourth-order valence-electron chi connectivity index (χ4n) is 1.38. The number of alkyl halides is 1. The van der Waals surface area contributed by atoms with Crippen LogP contribution in [0.15, 0.2) is 0 Å². The van der Waals surface area contributed by atoms with Crippen LogP contribution in [0.2, 0.25) is 0 Å². The Labute approximate surface area is 76.1 Å². The molecule has 0 spiro atoms. The standard InChI is InChI=1S/C6H12ClO4P/c7-5-2-1-3-6(4-5)11-12(8,9)10/h5-6H,1-4H2,(H2,8,9,10). The van der Waals surface area contributed by atoms with Crippen molar-refractivity contribution in [3.63, 3.8) is 0 Å². The molecular weight excluding hydrogens is 202 g/mol. The summed E-state index contributed by atoms with van der Waals surface area (Å²) in [6, 6.07) is 0. The van der Waals surface area contributed by atoms with E-state index in [0.717, 1.165) is 12.8 Å². The topological polar surface area (TPSA) is 66.8 Å². The van der Waals surface area contributed by atoms with Crippen LogP contribution in [0.5, 0.6) is 0 Å². The van der Waals surface area contributed by atoms with Gasteiger partial charge in [0.2, 0.25) is 0 Å². The first-order valence-electron chi connectivity index (χ1n) is 3.85. The second-order valence-electron chi connectivity index (χ2n) is 2.98. The highest BCUT2D eigenvalue weighted by atomic mass is 35.5. The smallest absolute Gasteiger partial charge is 0.303 e. The Kier molecular flexibility index (Phi) is 3.56. The van der Waals surface area contributed by atoms with E-state index >= 15 is 0 Å². The van der Waals surface area contributed by atoms with E-state index in [0.29, 0.717) is 12.8 Å². The molecule has 0 aliphatic heterocycles. The van der Waals surface area contributed by atoms with Gasteiger partial charge in [-0.15, -0.1) is 11.6 Å². The van der Waals surface area contributed by atoms with Crippen LogP contribution in [0, 0.1) is 0 Å². The van der Waals surface area contributed by atoms with Gasteiger partial charge in [-0.2, -0.15) is 0 Å². The highest BCUT2D eigenvalue weighted by Crippen LogP contribution is 2.41. The molecule has 0 amide bonds. The molecule has 6 heteroatoms. The van der Waals surface area contributed by atoms with Gasteiger partial charge in [-0.25, -0.2) is 4.57 Å². The fraction of sp³-hybridized carbons (Fsp3) is 1.00. The average Bonchev–Trinajstić information content (AvgIpc) is 1.82. The highest BCUT2D eigenvalue weighted by molar-refractivity contribution is 7.46. The summed E-state index contributed by atoms with van der Waals surface area (Å²) < 4.78 is 15.0. The molecule has 1 aliphatic rings. The van der Waals surface area contributed by atoms with Crippen molar-refractivity contribution in [1.82, 2.24) is 0 Å². The molecule has 2 N–H and O–H groups in total. The molecule has 4 nitrogen and oxygen atoms in total. The summed E-state index contributed by atoms with van der Waals surface area (Å²) in [5.41, 5.74) is 0.